The van der Waals surface area contributed by atoms with Crippen LogP contribution in [0.2, 0.25) is 5.02 Å². The van der Waals surface area contributed by atoms with Crippen LogP contribution in [-0.2, 0) is 4.74 Å². The normalized spacial score (nSPS) is 17.5. The Bertz CT molecular complexity index is 937. The molecular weight excluding hydrogens is 412 g/mol. The number of nitrogens with two attached hydrogens (primary N) is 1. The second kappa shape index (κ2) is 8.41. The number of hydrogen-bond acceptors (Lipinski definition) is 8. The lowest BCUT2D eigenvalue weighted by atomic mass is 10.2. The molecule has 11 heteroatoms. The van der Waals surface area contributed by atoms with Gasteiger partial charge in [-0.3, -0.25) is 9.69 Å². The van der Waals surface area contributed by atoms with Gasteiger partial charge in [0.2, 0.25) is 0 Å². The fourth-order valence-corrected chi connectivity index (χ4v) is 3.63. The zero-order valence-electron chi connectivity index (χ0n) is 16.5. The molecular formula is C19H23ClN6O4. The average Bonchev–Trinajstić information content (AvgIpc) is 3.15. The molecule has 2 amide bonds. The largest absolute Gasteiger partial charge is 0.443 e. The molecule has 0 aliphatic carbocycles. The number of nitrogens with zero attached hydrogens (tertiary/aromatic N) is 4. The Balaban J connectivity index is 1.35. The zero-order valence-corrected chi connectivity index (χ0v) is 17.3. The molecule has 2 aliphatic rings. The molecule has 3 N–H and O–H groups in total. The summed E-state index contributed by atoms with van der Waals surface area (Å²) in [4.78, 5) is 34.3. The van der Waals surface area contributed by atoms with Crippen LogP contribution in [0.1, 0.15) is 10.5 Å². The van der Waals surface area contributed by atoms with Crippen molar-refractivity contribution in [3.05, 3.63) is 35.2 Å². The van der Waals surface area contributed by atoms with Crippen LogP contribution in [0.3, 0.4) is 0 Å². The number of rotatable bonds is 4. The van der Waals surface area contributed by atoms with Crippen LogP contribution in [0.4, 0.5) is 22.2 Å². The van der Waals surface area contributed by atoms with Crippen LogP contribution >= 0.6 is 11.6 Å². The first-order valence-electron chi connectivity index (χ1n) is 9.60. The Morgan fingerprint density at radius 1 is 1.27 bits per heavy atom. The molecule has 2 aromatic rings. The summed E-state index contributed by atoms with van der Waals surface area (Å²) in [5.74, 6) is -0.469. The van der Waals surface area contributed by atoms with E-state index in [1.165, 1.54) is 6.26 Å². The molecule has 1 aromatic carbocycles. The fraction of sp³-hybridized carbons (Fsp3) is 0.421. The molecule has 0 radical (unpaired) electrons. The summed E-state index contributed by atoms with van der Waals surface area (Å²) in [6.45, 7) is 3.98. The number of ether oxygens (including phenoxy) is 1. The second-order valence-corrected chi connectivity index (χ2v) is 7.80. The fourth-order valence-electron chi connectivity index (χ4n) is 3.46. The monoisotopic (exact) mass is 434 g/mol. The molecule has 2 fully saturated rings. The van der Waals surface area contributed by atoms with Crippen molar-refractivity contribution in [1.29, 1.82) is 0 Å². The maximum Gasteiger partial charge on any atom is 0.410 e. The van der Waals surface area contributed by atoms with E-state index in [0.29, 0.717) is 36.9 Å². The summed E-state index contributed by atoms with van der Waals surface area (Å²) in [6, 6.07) is 5.31. The summed E-state index contributed by atoms with van der Waals surface area (Å²) >= 11 is 6.24. The minimum Gasteiger partial charge on any atom is -0.443 e. The molecule has 0 unspecified atom stereocenters. The molecule has 4 rings (SSSR count). The van der Waals surface area contributed by atoms with Crippen LogP contribution in [0.15, 0.2) is 28.9 Å². The number of nitrogens with one attached hydrogen (secondary N) is 1. The van der Waals surface area contributed by atoms with Gasteiger partial charge in [-0.15, -0.1) is 0 Å². The first-order valence-corrected chi connectivity index (χ1v) is 9.98. The number of carbonyl (C=O) groups excluding carboxylic acids is 2. The number of benzene rings is 1. The number of aromatic nitrogens is 1. The van der Waals surface area contributed by atoms with Gasteiger partial charge in [0, 0.05) is 45.0 Å². The van der Waals surface area contributed by atoms with Gasteiger partial charge < -0.3 is 30.0 Å². The average molecular weight is 435 g/mol. The maximum atomic E-state index is 12.3. The van der Waals surface area contributed by atoms with E-state index in [-0.39, 0.29) is 23.9 Å². The summed E-state index contributed by atoms with van der Waals surface area (Å²) < 4.78 is 10.4. The number of likely N-dealkylation sites (N-methyl/N-ethyl adjacent to an activating group) is 1. The molecule has 0 saturated carbocycles. The van der Waals surface area contributed by atoms with Gasteiger partial charge in [-0.2, -0.15) is 4.98 Å². The number of anilines is 3. The molecule has 10 nitrogen and oxygen atoms in total. The Morgan fingerprint density at radius 3 is 2.63 bits per heavy atom. The van der Waals surface area contributed by atoms with Crippen LogP contribution in [0.5, 0.6) is 0 Å². The van der Waals surface area contributed by atoms with Gasteiger partial charge in [0.25, 0.3) is 11.9 Å². The van der Waals surface area contributed by atoms with Crippen molar-refractivity contribution in [1.82, 2.24) is 14.8 Å². The summed E-state index contributed by atoms with van der Waals surface area (Å²) in [6.07, 6.45) is 0.911. The van der Waals surface area contributed by atoms with Crippen molar-refractivity contribution in [2.45, 2.75) is 6.10 Å². The molecule has 30 heavy (non-hydrogen) atoms. The van der Waals surface area contributed by atoms with Gasteiger partial charge in [-0.25, -0.2) is 4.79 Å². The van der Waals surface area contributed by atoms with Gasteiger partial charge >= 0.3 is 6.09 Å². The van der Waals surface area contributed by atoms with Crippen molar-refractivity contribution in [2.24, 2.45) is 0 Å². The van der Waals surface area contributed by atoms with E-state index in [4.69, 9.17) is 26.5 Å². The SMILES string of the molecule is CN1CC(OC(=O)N2CCN(c3ccc(Cl)c(NC(=O)c4coc(N)n4)c3)CC2)C1. The van der Waals surface area contributed by atoms with Crippen LogP contribution in [-0.4, -0.2) is 79.2 Å². The molecule has 3 heterocycles. The van der Waals surface area contributed by atoms with Gasteiger partial charge in [0.1, 0.15) is 12.4 Å². The van der Waals surface area contributed by atoms with Gasteiger partial charge in [-0.1, -0.05) is 11.6 Å². The van der Waals surface area contributed by atoms with E-state index in [9.17, 15) is 9.59 Å². The Hall–Kier alpha value is -2.98. The van der Waals surface area contributed by atoms with Gasteiger partial charge in [0.05, 0.1) is 10.7 Å². The van der Waals surface area contributed by atoms with E-state index >= 15 is 0 Å². The van der Waals surface area contributed by atoms with Crippen molar-refractivity contribution >= 4 is 41.0 Å². The van der Waals surface area contributed by atoms with Crippen LogP contribution < -0.4 is 16.0 Å². The minimum atomic E-state index is -0.469. The predicted octanol–water partition coefficient (Wildman–Crippen LogP) is 1.74. The van der Waals surface area contributed by atoms with Crippen molar-refractivity contribution in [3.63, 3.8) is 0 Å². The van der Waals surface area contributed by atoms with Gasteiger partial charge in [-0.05, 0) is 25.2 Å². The highest BCUT2D eigenvalue weighted by Crippen LogP contribution is 2.29. The smallest absolute Gasteiger partial charge is 0.410 e. The molecule has 2 aliphatic heterocycles. The first-order chi connectivity index (χ1) is 14.4. The lowest BCUT2D eigenvalue weighted by Crippen LogP contribution is -2.54. The Labute approximate surface area is 178 Å². The number of amides is 2. The van der Waals surface area contributed by atoms with E-state index in [1.54, 1.807) is 17.0 Å². The second-order valence-electron chi connectivity index (χ2n) is 7.39. The number of oxazole rings is 1. The standard InChI is InChI=1S/C19H23ClN6O4/c1-24-9-13(10-24)30-19(28)26-6-4-25(5-7-26)12-2-3-14(20)15(8-12)22-17(27)16-11-29-18(21)23-16/h2-3,8,11,13H,4-7,9-10H2,1H3,(H2,21,23)(H,22,27). The van der Waals surface area contributed by atoms with Crippen LogP contribution in [0, 0.1) is 0 Å². The molecule has 160 valence electrons. The number of carbonyl (C=O) groups is 2. The molecule has 1 aromatic heterocycles. The number of nitrogen functional groups attached to an aromatic ring is 1. The number of hydrogen-bond donors (Lipinski definition) is 2. The maximum absolute atomic E-state index is 12.3. The molecule has 0 spiro atoms. The van der Waals surface area contributed by atoms with Crippen LogP contribution in [0.25, 0.3) is 0 Å². The van der Waals surface area contributed by atoms with Gasteiger partial charge in [0.15, 0.2) is 5.69 Å². The summed E-state index contributed by atoms with van der Waals surface area (Å²) in [5.41, 5.74) is 6.82. The number of halogens is 1. The topological polar surface area (TPSA) is 117 Å². The predicted molar refractivity (Wildman–Crippen MR) is 112 cm³/mol. The molecule has 0 bridgehead atoms. The van der Waals surface area contributed by atoms with E-state index in [1.807, 2.05) is 13.1 Å². The van der Waals surface area contributed by atoms with E-state index < -0.39 is 5.91 Å². The first kappa shape index (κ1) is 20.3. The Morgan fingerprint density at radius 2 is 2.00 bits per heavy atom. The summed E-state index contributed by atoms with van der Waals surface area (Å²) in [7, 11) is 1.99. The van der Waals surface area contributed by atoms with Crippen molar-refractivity contribution in [2.75, 3.05) is 62.3 Å². The summed E-state index contributed by atoms with van der Waals surface area (Å²) in [5, 5.41) is 3.12. The third-order valence-electron chi connectivity index (χ3n) is 5.15. The number of likely N-dealkylation sites (tertiary alicyclic amines) is 1. The molecule has 0 atom stereocenters. The highest BCUT2D eigenvalue weighted by Gasteiger charge is 2.30. The number of piperazine rings is 1. The zero-order chi connectivity index (χ0) is 21.3. The lowest BCUT2D eigenvalue weighted by molar-refractivity contribution is -0.0154. The molecule has 2 saturated heterocycles. The van der Waals surface area contributed by atoms with Crippen molar-refractivity contribution in [3.8, 4) is 0 Å². The van der Waals surface area contributed by atoms with Crippen molar-refractivity contribution < 1.29 is 18.7 Å². The van der Waals surface area contributed by atoms with E-state index in [2.05, 4.69) is 20.1 Å². The lowest BCUT2D eigenvalue weighted by Gasteiger charge is -2.39. The van der Waals surface area contributed by atoms with E-state index in [0.717, 1.165) is 18.8 Å². The third kappa shape index (κ3) is 4.44. The third-order valence-corrected chi connectivity index (χ3v) is 5.48. The minimum absolute atomic E-state index is 0.0111. The Kier molecular flexibility index (Phi) is 5.69. The highest BCUT2D eigenvalue weighted by atomic mass is 35.5. The highest BCUT2D eigenvalue weighted by molar-refractivity contribution is 6.34. The quantitative estimate of drug-likeness (QED) is 0.747.